The third-order valence-electron chi connectivity index (χ3n) is 5.86. The molecule has 0 aliphatic carbocycles. The number of rotatable bonds is 13. The van der Waals surface area contributed by atoms with E-state index >= 15 is 0 Å². The molecule has 33 heavy (non-hydrogen) atoms. The van der Waals surface area contributed by atoms with E-state index in [1.165, 1.54) is 24.3 Å². The number of aliphatic hydroxyl groups excluding tert-OH is 1. The Morgan fingerprint density at radius 3 is 1.55 bits per heavy atom. The molecule has 2 aromatic heterocycles. The van der Waals surface area contributed by atoms with Crippen LogP contribution in [-0.4, -0.2) is 22.8 Å². The van der Waals surface area contributed by atoms with Crippen molar-refractivity contribution in [1.29, 1.82) is 0 Å². The van der Waals surface area contributed by atoms with Crippen molar-refractivity contribution in [1.82, 2.24) is 0 Å². The Bertz CT molecular complexity index is 1040. The first-order valence-corrected chi connectivity index (χ1v) is 11.5. The Balaban J connectivity index is 1.98. The lowest BCUT2D eigenvalue weighted by Gasteiger charge is -2.20. The molecular formula is C26H36O7. The summed E-state index contributed by atoms with van der Waals surface area (Å²) in [6, 6.07) is 5.82. The largest absolute Gasteiger partial charge is 0.481 e. The zero-order valence-corrected chi connectivity index (χ0v) is 20.1. The summed E-state index contributed by atoms with van der Waals surface area (Å²) in [5.41, 5.74) is -1.27. The van der Waals surface area contributed by atoms with E-state index in [2.05, 4.69) is 0 Å². The first-order valence-electron chi connectivity index (χ1n) is 11.5. The molecule has 2 N–H and O–H groups in total. The van der Waals surface area contributed by atoms with E-state index in [4.69, 9.17) is 8.83 Å². The first kappa shape index (κ1) is 26.6. The number of aliphatic carboxylic acids is 1. The van der Waals surface area contributed by atoms with Crippen LogP contribution in [0, 0.1) is 10.8 Å². The van der Waals surface area contributed by atoms with Crippen LogP contribution in [0.15, 0.2) is 42.7 Å². The third-order valence-corrected chi connectivity index (χ3v) is 5.86. The van der Waals surface area contributed by atoms with E-state index < -0.39 is 11.4 Å². The van der Waals surface area contributed by atoms with Crippen molar-refractivity contribution < 1.29 is 23.8 Å². The van der Waals surface area contributed by atoms with E-state index in [1.54, 1.807) is 13.8 Å². The molecule has 0 saturated heterocycles. The summed E-state index contributed by atoms with van der Waals surface area (Å²) in [6.45, 7) is 7.45. The lowest BCUT2D eigenvalue weighted by Crippen LogP contribution is -2.23. The van der Waals surface area contributed by atoms with Crippen LogP contribution in [0.5, 0.6) is 0 Å². The maximum absolute atomic E-state index is 12.1. The number of aliphatic hydroxyl groups is 1. The van der Waals surface area contributed by atoms with Crippen LogP contribution in [-0.2, 0) is 30.5 Å². The lowest BCUT2D eigenvalue weighted by molar-refractivity contribution is -0.147. The SMILES string of the molecule is CC(C)(CO)CCCc1cc(=O)cc(CCc2cc(=O)cc(CCCC(C)(C)C(=O)O)o2)o1. The summed E-state index contributed by atoms with van der Waals surface area (Å²) in [7, 11) is 0. The van der Waals surface area contributed by atoms with E-state index in [0.29, 0.717) is 61.6 Å². The second kappa shape index (κ2) is 11.5. The van der Waals surface area contributed by atoms with Crippen molar-refractivity contribution in [2.75, 3.05) is 6.61 Å². The number of carboxylic acid groups (broad SMARTS) is 1. The standard InChI is InChI=1S/C26H36O7/c1-25(2,17-27)11-5-7-20-13-18(28)15-22(32-20)9-10-23-16-19(29)14-21(33-23)8-6-12-26(3,4)24(30)31/h13-16,27H,5-12,17H2,1-4H3,(H,30,31). The van der Waals surface area contributed by atoms with Crippen LogP contribution in [0.25, 0.3) is 0 Å². The number of carboxylic acids is 1. The molecule has 0 aliphatic rings. The smallest absolute Gasteiger partial charge is 0.309 e. The van der Waals surface area contributed by atoms with E-state index in [9.17, 15) is 24.6 Å². The van der Waals surface area contributed by atoms with E-state index in [-0.39, 0.29) is 22.9 Å². The van der Waals surface area contributed by atoms with Crippen LogP contribution < -0.4 is 10.9 Å². The molecule has 0 fully saturated rings. The predicted molar refractivity (Wildman–Crippen MR) is 126 cm³/mol. The summed E-state index contributed by atoms with van der Waals surface area (Å²) >= 11 is 0. The second-order valence-corrected chi connectivity index (χ2v) is 10.2. The van der Waals surface area contributed by atoms with Gasteiger partial charge in [-0.1, -0.05) is 13.8 Å². The molecule has 0 atom stereocenters. The van der Waals surface area contributed by atoms with Gasteiger partial charge in [0.2, 0.25) is 0 Å². The van der Waals surface area contributed by atoms with Gasteiger partial charge in [-0.3, -0.25) is 14.4 Å². The number of aryl methyl sites for hydroxylation is 4. The number of hydrogen-bond acceptors (Lipinski definition) is 6. The van der Waals surface area contributed by atoms with Gasteiger partial charge in [-0.05, 0) is 44.9 Å². The fourth-order valence-corrected chi connectivity index (χ4v) is 3.54. The molecule has 0 aromatic carbocycles. The van der Waals surface area contributed by atoms with Gasteiger partial charge in [0.25, 0.3) is 0 Å². The van der Waals surface area contributed by atoms with Crippen molar-refractivity contribution in [3.63, 3.8) is 0 Å². The van der Waals surface area contributed by atoms with Crippen LogP contribution in [0.2, 0.25) is 0 Å². The quantitative estimate of drug-likeness (QED) is 0.461. The minimum atomic E-state index is -0.849. The van der Waals surface area contributed by atoms with Gasteiger partial charge in [-0.15, -0.1) is 0 Å². The average molecular weight is 461 g/mol. The van der Waals surface area contributed by atoms with Crippen LogP contribution >= 0.6 is 0 Å². The van der Waals surface area contributed by atoms with Gasteiger partial charge in [0, 0.05) is 56.6 Å². The Morgan fingerprint density at radius 1 is 0.758 bits per heavy atom. The Morgan fingerprint density at radius 2 is 1.15 bits per heavy atom. The molecule has 7 nitrogen and oxygen atoms in total. The van der Waals surface area contributed by atoms with Crippen molar-refractivity contribution >= 4 is 5.97 Å². The zero-order chi connectivity index (χ0) is 24.6. The Labute approximate surface area is 194 Å². The van der Waals surface area contributed by atoms with Crippen molar-refractivity contribution in [2.24, 2.45) is 10.8 Å². The van der Waals surface area contributed by atoms with Gasteiger partial charge >= 0.3 is 5.97 Å². The summed E-state index contributed by atoms with van der Waals surface area (Å²) in [4.78, 5) is 35.4. The van der Waals surface area contributed by atoms with Crippen LogP contribution in [0.3, 0.4) is 0 Å². The Kier molecular flexibility index (Phi) is 9.23. The maximum atomic E-state index is 12.1. The summed E-state index contributed by atoms with van der Waals surface area (Å²) in [6.07, 6.45) is 4.61. The maximum Gasteiger partial charge on any atom is 0.309 e. The van der Waals surface area contributed by atoms with Crippen LogP contribution in [0.1, 0.15) is 76.4 Å². The van der Waals surface area contributed by atoms with E-state index in [0.717, 1.165) is 12.8 Å². The van der Waals surface area contributed by atoms with Crippen molar-refractivity contribution in [3.05, 3.63) is 67.8 Å². The molecule has 2 aromatic rings. The topological polar surface area (TPSA) is 118 Å². The van der Waals surface area contributed by atoms with Crippen LogP contribution in [0.4, 0.5) is 0 Å². The molecule has 2 rings (SSSR count). The molecule has 0 amide bonds. The molecule has 182 valence electrons. The number of hydrogen-bond donors (Lipinski definition) is 2. The van der Waals surface area contributed by atoms with Gasteiger partial charge in [0.15, 0.2) is 10.9 Å². The Hall–Kier alpha value is -2.67. The minimum absolute atomic E-state index is 0.110. The molecule has 0 saturated carbocycles. The molecule has 0 spiro atoms. The highest BCUT2D eigenvalue weighted by Gasteiger charge is 2.26. The first-order chi connectivity index (χ1) is 15.4. The summed E-state index contributed by atoms with van der Waals surface area (Å²) < 4.78 is 11.7. The zero-order valence-electron chi connectivity index (χ0n) is 20.1. The van der Waals surface area contributed by atoms with Gasteiger partial charge in [0.05, 0.1) is 5.41 Å². The predicted octanol–water partition coefficient (Wildman–Crippen LogP) is 4.15. The highest BCUT2D eigenvalue weighted by atomic mass is 16.4. The molecule has 0 radical (unpaired) electrons. The summed E-state index contributed by atoms with van der Waals surface area (Å²) in [5, 5.41) is 18.6. The van der Waals surface area contributed by atoms with Gasteiger partial charge in [0.1, 0.15) is 23.0 Å². The molecular weight excluding hydrogens is 424 g/mol. The number of carbonyl (C=O) groups is 1. The van der Waals surface area contributed by atoms with E-state index in [1.807, 2.05) is 13.8 Å². The monoisotopic (exact) mass is 460 g/mol. The molecule has 7 heteroatoms. The van der Waals surface area contributed by atoms with Crippen molar-refractivity contribution in [2.45, 2.75) is 79.1 Å². The van der Waals surface area contributed by atoms with Gasteiger partial charge < -0.3 is 19.0 Å². The fraction of sp³-hybridized carbons (Fsp3) is 0.577. The highest BCUT2D eigenvalue weighted by Crippen LogP contribution is 2.24. The average Bonchev–Trinajstić information content (AvgIpc) is 2.71. The van der Waals surface area contributed by atoms with Crippen molar-refractivity contribution in [3.8, 4) is 0 Å². The fourth-order valence-electron chi connectivity index (χ4n) is 3.54. The van der Waals surface area contributed by atoms with Gasteiger partial charge in [-0.25, -0.2) is 0 Å². The molecule has 0 unspecified atom stereocenters. The lowest BCUT2D eigenvalue weighted by atomic mass is 9.87. The third kappa shape index (κ3) is 9.00. The molecule has 0 aliphatic heterocycles. The molecule has 0 bridgehead atoms. The minimum Gasteiger partial charge on any atom is -0.481 e. The highest BCUT2D eigenvalue weighted by molar-refractivity contribution is 5.73. The summed E-state index contributed by atoms with van der Waals surface area (Å²) in [5.74, 6) is 1.34. The normalized spacial score (nSPS) is 12.2. The second-order valence-electron chi connectivity index (χ2n) is 10.2. The van der Waals surface area contributed by atoms with Gasteiger partial charge in [-0.2, -0.15) is 0 Å². The molecule has 2 heterocycles.